The first-order valence-electron chi connectivity index (χ1n) is 13.5. The number of ether oxygens (including phenoxy) is 4. The van der Waals surface area contributed by atoms with Crippen molar-refractivity contribution >= 4 is 45.7 Å². The number of nitrogens with two attached hydrogens (primary N) is 1. The van der Waals surface area contributed by atoms with Gasteiger partial charge in [-0.25, -0.2) is 8.42 Å². The summed E-state index contributed by atoms with van der Waals surface area (Å²) in [5, 5.41) is -0.219. The van der Waals surface area contributed by atoms with Gasteiger partial charge in [0.05, 0.1) is 5.25 Å². The zero-order chi connectivity index (χ0) is 28.9. The van der Waals surface area contributed by atoms with Crippen molar-refractivity contribution in [2.45, 2.75) is 18.1 Å². The minimum Gasteiger partial charge on any atom is -0.454 e. The molecule has 1 aliphatic carbocycles. The molecule has 2 heterocycles. The normalized spacial score (nSPS) is 15.0. The van der Waals surface area contributed by atoms with Gasteiger partial charge in [0.1, 0.15) is 0 Å². The molecule has 0 saturated heterocycles. The van der Waals surface area contributed by atoms with Crippen LogP contribution in [0.2, 0.25) is 0 Å². The molecule has 3 N–H and O–H groups in total. The van der Waals surface area contributed by atoms with Crippen LogP contribution in [0.25, 0.3) is 24.3 Å². The Hall–Kier alpha value is -4.89. The fourth-order valence-corrected chi connectivity index (χ4v) is 5.70. The number of hydrogen-bond donors (Lipinski definition) is 2. The number of sulfonamides is 1. The number of anilines is 2. The Kier molecular flexibility index (Phi) is 7.74. The van der Waals surface area contributed by atoms with Gasteiger partial charge < -0.3 is 24.7 Å². The van der Waals surface area contributed by atoms with E-state index in [1.165, 1.54) is 0 Å². The first-order valence-corrected chi connectivity index (χ1v) is 15.1. The number of nitrogens with one attached hydrogen (secondary N) is 1. The maximum atomic E-state index is 11.9. The molecule has 3 aliphatic rings. The molecule has 9 heteroatoms. The van der Waals surface area contributed by atoms with Gasteiger partial charge in [-0.15, -0.1) is 0 Å². The molecule has 214 valence electrons. The molecule has 0 amide bonds. The van der Waals surface area contributed by atoms with Crippen LogP contribution in [0.1, 0.15) is 35.1 Å². The van der Waals surface area contributed by atoms with E-state index in [0.29, 0.717) is 12.5 Å². The lowest BCUT2D eigenvalue weighted by molar-refractivity contribution is 0.173. The second-order valence-electron chi connectivity index (χ2n) is 10.0. The largest absolute Gasteiger partial charge is 0.454 e. The van der Waals surface area contributed by atoms with E-state index in [9.17, 15) is 8.42 Å². The molecule has 0 bridgehead atoms. The fourth-order valence-electron chi connectivity index (χ4n) is 4.31. The molecule has 0 radical (unpaired) electrons. The molecule has 1 fully saturated rings. The van der Waals surface area contributed by atoms with Crippen LogP contribution >= 0.6 is 0 Å². The molecule has 4 aromatic carbocycles. The second kappa shape index (κ2) is 11.9. The van der Waals surface area contributed by atoms with Crippen LogP contribution in [-0.2, 0) is 10.0 Å². The maximum absolute atomic E-state index is 11.9. The molecule has 0 spiro atoms. The smallest absolute Gasteiger partial charge is 0.235 e. The molecular weight excluding hydrogens is 552 g/mol. The third kappa shape index (κ3) is 6.87. The summed E-state index contributed by atoms with van der Waals surface area (Å²) in [7, 11) is -3.21. The average Bonchev–Trinajstić information content (AvgIpc) is 3.60. The van der Waals surface area contributed by atoms with E-state index in [1.807, 2.05) is 97.1 Å². The first-order chi connectivity index (χ1) is 20.4. The molecule has 1 saturated carbocycles. The maximum Gasteiger partial charge on any atom is 0.235 e. The third-order valence-corrected chi connectivity index (χ3v) is 8.67. The van der Waals surface area contributed by atoms with E-state index in [0.717, 1.165) is 63.8 Å². The number of hydrogen-bond acceptors (Lipinski definition) is 7. The predicted molar refractivity (Wildman–Crippen MR) is 166 cm³/mol. The molecule has 8 nitrogen and oxygen atoms in total. The lowest BCUT2D eigenvalue weighted by atomic mass is 10.1. The number of benzene rings is 4. The van der Waals surface area contributed by atoms with Crippen LogP contribution in [0.3, 0.4) is 0 Å². The highest BCUT2D eigenvalue weighted by atomic mass is 32.2. The summed E-state index contributed by atoms with van der Waals surface area (Å²) < 4.78 is 47.7. The fraction of sp³-hybridized carbons (Fsp3) is 0.152. The highest BCUT2D eigenvalue weighted by molar-refractivity contribution is 7.93. The summed E-state index contributed by atoms with van der Waals surface area (Å²) in [4.78, 5) is 0. The second-order valence-corrected chi connectivity index (χ2v) is 12.0. The van der Waals surface area contributed by atoms with Crippen molar-refractivity contribution in [3.63, 3.8) is 0 Å². The summed E-state index contributed by atoms with van der Waals surface area (Å²) in [5.41, 5.74) is 11.2. The molecule has 0 aromatic heterocycles. The first kappa shape index (κ1) is 27.3. The summed E-state index contributed by atoms with van der Waals surface area (Å²) in [6.45, 7) is 0.571. The van der Waals surface area contributed by atoms with Crippen LogP contribution in [0, 0.1) is 0 Å². The Morgan fingerprint density at radius 1 is 0.595 bits per heavy atom. The predicted octanol–water partition coefficient (Wildman–Crippen LogP) is 6.66. The average molecular weight is 583 g/mol. The van der Waals surface area contributed by atoms with E-state index in [-0.39, 0.29) is 12.0 Å². The van der Waals surface area contributed by atoms with Crippen molar-refractivity contribution in [3.05, 3.63) is 107 Å². The van der Waals surface area contributed by atoms with Gasteiger partial charge in [0.25, 0.3) is 0 Å². The molecule has 7 rings (SSSR count). The van der Waals surface area contributed by atoms with Gasteiger partial charge in [-0.3, -0.25) is 4.72 Å². The summed E-state index contributed by atoms with van der Waals surface area (Å²) >= 11 is 0. The highest BCUT2D eigenvalue weighted by Crippen LogP contribution is 2.34. The lowest BCUT2D eigenvalue weighted by Gasteiger charge is -2.06. The van der Waals surface area contributed by atoms with Crippen LogP contribution in [-0.4, -0.2) is 27.3 Å². The standard InChI is InChI=1S/C18H17NO4S.C15H13NO2/c20-24(21,16-8-9-16)19-15-6-3-13(4-7-15)1-2-14-5-10-17-18(11-14)23-12-22-17;16-13-6-3-11(4-7-13)1-2-12-5-8-14-15(9-12)18-10-17-14/h1-7,10-11,16,19H,8-9,12H2;1-9H,10,16H2/b2*2-1+. The van der Waals surface area contributed by atoms with Gasteiger partial charge in [0.15, 0.2) is 23.0 Å². The Labute approximate surface area is 245 Å². The zero-order valence-electron chi connectivity index (χ0n) is 22.7. The van der Waals surface area contributed by atoms with Crippen molar-refractivity contribution < 1.29 is 27.4 Å². The van der Waals surface area contributed by atoms with Gasteiger partial charge in [0.2, 0.25) is 23.6 Å². The molecule has 42 heavy (non-hydrogen) atoms. The van der Waals surface area contributed by atoms with Crippen LogP contribution in [0.4, 0.5) is 11.4 Å². The van der Waals surface area contributed by atoms with Crippen molar-refractivity contribution in [2.24, 2.45) is 0 Å². The Balaban J connectivity index is 0.000000157. The van der Waals surface area contributed by atoms with Crippen LogP contribution < -0.4 is 29.4 Å². The molecule has 2 aliphatic heterocycles. The van der Waals surface area contributed by atoms with Gasteiger partial charge in [-0.2, -0.15) is 0 Å². The van der Waals surface area contributed by atoms with Crippen LogP contribution in [0.5, 0.6) is 23.0 Å². The highest BCUT2D eigenvalue weighted by Gasteiger charge is 2.35. The summed E-state index contributed by atoms with van der Waals surface area (Å²) in [6.07, 6.45) is 9.53. The van der Waals surface area contributed by atoms with E-state index in [4.69, 9.17) is 24.7 Å². The zero-order valence-corrected chi connectivity index (χ0v) is 23.5. The lowest BCUT2D eigenvalue weighted by Crippen LogP contribution is -2.17. The van der Waals surface area contributed by atoms with Gasteiger partial charge >= 0.3 is 0 Å². The molecule has 0 unspecified atom stereocenters. The molecular formula is C33H30N2O6S. The monoisotopic (exact) mass is 582 g/mol. The van der Waals surface area contributed by atoms with Crippen molar-refractivity contribution in [3.8, 4) is 23.0 Å². The van der Waals surface area contributed by atoms with E-state index >= 15 is 0 Å². The van der Waals surface area contributed by atoms with Gasteiger partial charge in [-0.05, 0) is 83.6 Å². The van der Waals surface area contributed by atoms with Crippen molar-refractivity contribution in [2.75, 3.05) is 24.0 Å². The van der Waals surface area contributed by atoms with Gasteiger partial charge in [0, 0.05) is 11.4 Å². The minimum absolute atomic E-state index is 0.219. The number of fused-ring (bicyclic) bond motifs is 2. The molecule has 4 aromatic rings. The van der Waals surface area contributed by atoms with Gasteiger partial charge in [-0.1, -0.05) is 60.7 Å². The van der Waals surface area contributed by atoms with E-state index in [2.05, 4.69) is 4.72 Å². The van der Waals surface area contributed by atoms with Crippen molar-refractivity contribution in [1.82, 2.24) is 0 Å². The summed E-state index contributed by atoms with van der Waals surface area (Å²) in [6, 6.07) is 26.7. The van der Waals surface area contributed by atoms with Crippen LogP contribution in [0.15, 0.2) is 84.9 Å². The Morgan fingerprint density at radius 3 is 1.52 bits per heavy atom. The Morgan fingerprint density at radius 2 is 1.02 bits per heavy atom. The minimum atomic E-state index is -3.21. The quantitative estimate of drug-likeness (QED) is 0.185. The summed E-state index contributed by atoms with van der Waals surface area (Å²) in [5.74, 6) is 3.12. The SMILES string of the molecule is Nc1ccc(/C=C/c2ccc3c(c2)OCO3)cc1.O=S(=O)(Nc1ccc(/C=C/c2ccc3c(c2)OCO3)cc1)C1CC1. The van der Waals surface area contributed by atoms with E-state index in [1.54, 1.807) is 12.1 Å². The topological polar surface area (TPSA) is 109 Å². The van der Waals surface area contributed by atoms with Crippen molar-refractivity contribution in [1.29, 1.82) is 0 Å². The Bertz CT molecular complexity index is 1730. The number of rotatable bonds is 7. The van der Waals surface area contributed by atoms with E-state index < -0.39 is 10.0 Å². The molecule has 0 atom stereocenters. The third-order valence-electron chi connectivity index (χ3n) is 6.80. The number of nitrogen functional groups attached to an aromatic ring is 1.